The summed E-state index contributed by atoms with van der Waals surface area (Å²) >= 11 is 0. The van der Waals surface area contributed by atoms with Crippen LogP contribution in [0, 0.1) is 6.92 Å². The smallest absolute Gasteiger partial charge is 0.427 e. The quantitative estimate of drug-likeness (QED) is 0.595. The van der Waals surface area contributed by atoms with Crippen LogP contribution in [0.25, 0.3) is 0 Å². The number of amides is 1. The van der Waals surface area contributed by atoms with E-state index < -0.39 is 6.09 Å². The molecule has 0 unspecified atom stereocenters. The van der Waals surface area contributed by atoms with Gasteiger partial charge in [0.15, 0.2) is 0 Å². The van der Waals surface area contributed by atoms with Crippen molar-refractivity contribution in [2.24, 2.45) is 5.10 Å². The second-order valence-corrected chi connectivity index (χ2v) is 4.43. The van der Waals surface area contributed by atoms with Crippen LogP contribution in [0.1, 0.15) is 25.0 Å². The standard InChI is InChI=1S/C15H23N3O3/c1-4-18(8-9-19)14-7-6-13(12(3)10-14)11-16-17-15(20)21-5-2/h6-7,10-11,19H,4-5,8-9H2,1-3H3,(H,17,20)/b16-11-. The lowest BCUT2D eigenvalue weighted by Crippen LogP contribution is -2.26. The highest BCUT2D eigenvalue weighted by Crippen LogP contribution is 2.18. The first-order chi connectivity index (χ1) is 10.1. The van der Waals surface area contributed by atoms with Gasteiger partial charge in [-0.15, -0.1) is 0 Å². The molecule has 0 atom stereocenters. The average molecular weight is 293 g/mol. The van der Waals surface area contributed by atoms with Gasteiger partial charge < -0.3 is 14.7 Å². The van der Waals surface area contributed by atoms with E-state index in [-0.39, 0.29) is 6.61 Å². The van der Waals surface area contributed by atoms with Crippen molar-refractivity contribution < 1.29 is 14.6 Å². The summed E-state index contributed by atoms with van der Waals surface area (Å²) in [4.78, 5) is 13.2. The zero-order valence-electron chi connectivity index (χ0n) is 12.8. The van der Waals surface area contributed by atoms with Crippen LogP contribution in [0.2, 0.25) is 0 Å². The Morgan fingerprint density at radius 3 is 2.81 bits per heavy atom. The maximum absolute atomic E-state index is 11.1. The van der Waals surface area contributed by atoms with E-state index in [0.717, 1.165) is 23.4 Å². The number of benzene rings is 1. The molecular formula is C15H23N3O3. The second kappa shape index (κ2) is 8.97. The molecule has 0 aliphatic heterocycles. The molecule has 1 aromatic rings. The van der Waals surface area contributed by atoms with Crippen molar-refractivity contribution in [1.82, 2.24) is 5.43 Å². The number of hydrogen-bond donors (Lipinski definition) is 2. The Hall–Kier alpha value is -2.08. The minimum Gasteiger partial charge on any atom is -0.449 e. The normalized spacial score (nSPS) is 10.7. The van der Waals surface area contributed by atoms with E-state index in [9.17, 15) is 4.79 Å². The van der Waals surface area contributed by atoms with E-state index >= 15 is 0 Å². The molecule has 1 amide bonds. The molecule has 0 fully saturated rings. The van der Waals surface area contributed by atoms with Gasteiger partial charge in [-0.25, -0.2) is 10.2 Å². The Bertz CT molecular complexity index is 489. The van der Waals surface area contributed by atoms with Gasteiger partial charge in [0.1, 0.15) is 0 Å². The Labute approximate surface area is 125 Å². The van der Waals surface area contributed by atoms with E-state index in [1.807, 2.05) is 32.0 Å². The molecule has 0 aliphatic rings. The fourth-order valence-electron chi connectivity index (χ4n) is 1.91. The third kappa shape index (κ3) is 5.43. The fourth-order valence-corrected chi connectivity index (χ4v) is 1.91. The lowest BCUT2D eigenvalue weighted by molar-refractivity contribution is 0.152. The summed E-state index contributed by atoms with van der Waals surface area (Å²) in [5, 5.41) is 12.9. The molecule has 0 heterocycles. The molecule has 0 saturated carbocycles. The molecule has 0 aromatic heterocycles. The van der Waals surface area contributed by atoms with Crippen molar-refractivity contribution in [2.45, 2.75) is 20.8 Å². The molecule has 6 heteroatoms. The molecule has 1 rings (SSSR count). The second-order valence-electron chi connectivity index (χ2n) is 4.43. The topological polar surface area (TPSA) is 74.2 Å². The van der Waals surface area contributed by atoms with Crippen molar-refractivity contribution >= 4 is 18.0 Å². The van der Waals surface area contributed by atoms with E-state index in [2.05, 4.69) is 15.4 Å². The SMILES string of the molecule is CCOC(=O)N/N=C\c1ccc(N(CC)CCO)cc1C. The predicted molar refractivity (Wildman–Crippen MR) is 83.9 cm³/mol. The van der Waals surface area contributed by atoms with Gasteiger partial charge in [0.05, 0.1) is 19.4 Å². The molecule has 0 radical (unpaired) electrons. The van der Waals surface area contributed by atoms with Crippen molar-refractivity contribution in [3.05, 3.63) is 29.3 Å². The number of aryl methyl sites for hydroxylation is 1. The summed E-state index contributed by atoms with van der Waals surface area (Å²) in [7, 11) is 0. The fraction of sp³-hybridized carbons (Fsp3) is 0.467. The molecular weight excluding hydrogens is 270 g/mol. The van der Waals surface area contributed by atoms with E-state index in [1.165, 1.54) is 0 Å². The minimum absolute atomic E-state index is 0.125. The highest BCUT2D eigenvalue weighted by atomic mass is 16.5. The Balaban J connectivity index is 2.74. The first-order valence-electron chi connectivity index (χ1n) is 7.04. The van der Waals surface area contributed by atoms with Crippen LogP contribution < -0.4 is 10.3 Å². The van der Waals surface area contributed by atoms with Crippen molar-refractivity contribution in [3.63, 3.8) is 0 Å². The number of likely N-dealkylation sites (N-methyl/N-ethyl adjacent to an activating group) is 1. The summed E-state index contributed by atoms with van der Waals surface area (Å²) < 4.78 is 4.71. The number of hydrazone groups is 1. The average Bonchev–Trinajstić information content (AvgIpc) is 2.46. The highest BCUT2D eigenvalue weighted by Gasteiger charge is 2.05. The summed E-state index contributed by atoms with van der Waals surface area (Å²) in [6, 6.07) is 5.93. The summed E-state index contributed by atoms with van der Waals surface area (Å²) in [5.41, 5.74) is 5.30. The number of ether oxygens (including phenoxy) is 1. The molecule has 0 spiro atoms. The van der Waals surface area contributed by atoms with Crippen LogP contribution in [0.15, 0.2) is 23.3 Å². The van der Waals surface area contributed by atoms with Crippen LogP contribution in [-0.4, -0.2) is 43.7 Å². The number of nitrogens with one attached hydrogen (secondary N) is 1. The zero-order valence-corrected chi connectivity index (χ0v) is 12.8. The maximum Gasteiger partial charge on any atom is 0.427 e. The Kier molecular flexibility index (Phi) is 7.25. The van der Waals surface area contributed by atoms with Gasteiger partial charge in [-0.05, 0) is 44.0 Å². The predicted octanol–water partition coefficient (Wildman–Crippen LogP) is 1.89. The molecule has 21 heavy (non-hydrogen) atoms. The van der Waals surface area contributed by atoms with Gasteiger partial charge in [0, 0.05) is 18.8 Å². The van der Waals surface area contributed by atoms with Crippen molar-refractivity contribution in [3.8, 4) is 0 Å². The number of aliphatic hydroxyl groups excluding tert-OH is 1. The van der Waals surface area contributed by atoms with Gasteiger partial charge in [0.2, 0.25) is 0 Å². The zero-order chi connectivity index (χ0) is 15.7. The third-order valence-electron chi connectivity index (χ3n) is 3.01. The van der Waals surface area contributed by atoms with Crippen LogP contribution in [0.5, 0.6) is 0 Å². The number of hydrogen-bond acceptors (Lipinski definition) is 5. The lowest BCUT2D eigenvalue weighted by Gasteiger charge is -2.22. The molecule has 2 N–H and O–H groups in total. The molecule has 0 bridgehead atoms. The van der Waals surface area contributed by atoms with Crippen molar-refractivity contribution in [1.29, 1.82) is 0 Å². The van der Waals surface area contributed by atoms with E-state index in [4.69, 9.17) is 9.84 Å². The van der Waals surface area contributed by atoms with Gasteiger partial charge in [0.25, 0.3) is 0 Å². The monoisotopic (exact) mass is 293 g/mol. The van der Waals surface area contributed by atoms with Crippen LogP contribution in [0.4, 0.5) is 10.5 Å². The summed E-state index contributed by atoms with van der Waals surface area (Å²) in [6.45, 7) is 7.63. The highest BCUT2D eigenvalue weighted by molar-refractivity contribution is 5.83. The Morgan fingerprint density at radius 1 is 1.48 bits per heavy atom. The van der Waals surface area contributed by atoms with Gasteiger partial charge in [-0.1, -0.05) is 6.07 Å². The largest absolute Gasteiger partial charge is 0.449 e. The Morgan fingerprint density at radius 2 is 2.24 bits per heavy atom. The first-order valence-corrected chi connectivity index (χ1v) is 7.04. The molecule has 0 aliphatic carbocycles. The van der Waals surface area contributed by atoms with Crippen LogP contribution in [-0.2, 0) is 4.74 Å². The molecule has 116 valence electrons. The number of anilines is 1. The minimum atomic E-state index is -0.567. The number of carbonyl (C=O) groups is 1. The van der Waals surface area contributed by atoms with Crippen molar-refractivity contribution in [2.75, 3.05) is 31.2 Å². The van der Waals surface area contributed by atoms with Crippen LogP contribution in [0.3, 0.4) is 0 Å². The van der Waals surface area contributed by atoms with E-state index in [0.29, 0.717) is 13.2 Å². The molecule has 1 aromatic carbocycles. The summed E-state index contributed by atoms with van der Waals surface area (Å²) in [5.74, 6) is 0. The summed E-state index contributed by atoms with van der Waals surface area (Å²) in [6.07, 6.45) is 1.02. The third-order valence-corrected chi connectivity index (χ3v) is 3.01. The van der Waals surface area contributed by atoms with Gasteiger partial charge >= 0.3 is 6.09 Å². The number of rotatable bonds is 7. The van der Waals surface area contributed by atoms with Crippen LogP contribution >= 0.6 is 0 Å². The van der Waals surface area contributed by atoms with Gasteiger partial charge in [-0.2, -0.15) is 5.10 Å². The number of carbonyl (C=O) groups excluding carboxylic acids is 1. The number of nitrogens with zero attached hydrogens (tertiary/aromatic N) is 2. The van der Waals surface area contributed by atoms with Gasteiger partial charge in [-0.3, -0.25) is 0 Å². The molecule has 6 nitrogen and oxygen atoms in total. The lowest BCUT2D eigenvalue weighted by atomic mass is 10.1. The number of aliphatic hydroxyl groups is 1. The first kappa shape index (κ1) is 17.0. The van der Waals surface area contributed by atoms with E-state index in [1.54, 1.807) is 13.1 Å². The molecule has 0 saturated heterocycles. The maximum atomic E-state index is 11.1.